The molecule has 0 aliphatic heterocycles. The highest BCUT2D eigenvalue weighted by Gasteiger charge is 2.25. The average Bonchev–Trinajstić information content (AvgIpc) is 2.36. The third-order valence-corrected chi connectivity index (χ3v) is 3.12. The minimum atomic E-state index is -0.298. The Balaban J connectivity index is 3.44. The average molecular weight is 238 g/mol. The Morgan fingerprint density at radius 1 is 1.18 bits per heavy atom. The van der Waals surface area contributed by atoms with Crippen LogP contribution in [-0.4, -0.2) is 25.9 Å². The minimum Gasteiger partial charge on any atom is -0.497 e. The van der Waals surface area contributed by atoms with E-state index in [0.29, 0.717) is 0 Å². The van der Waals surface area contributed by atoms with Gasteiger partial charge in [0, 0.05) is 11.5 Å². The van der Waals surface area contributed by atoms with Crippen molar-refractivity contribution in [3.05, 3.63) is 23.3 Å². The van der Waals surface area contributed by atoms with Crippen LogP contribution in [0.4, 0.5) is 0 Å². The van der Waals surface area contributed by atoms with Gasteiger partial charge in [0.05, 0.1) is 20.8 Å². The largest absolute Gasteiger partial charge is 0.497 e. The van der Waals surface area contributed by atoms with Crippen molar-refractivity contribution in [3.63, 3.8) is 0 Å². The minimum absolute atomic E-state index is 0.0936. The van der Waals surface area contributed by atoms with Gasteiger partial charge in [0.15, 0.2) is 0 Å². The van der Waals surface area contributed by atoms with Gasteiger partial charge in [0.25, 0.3) is 0 Å². The molecule has 0 aliphatic carbocycles. The van der Waals surface area contributed by atoms with Crippen LogP contribution in [-0.2, 0) is 11.8 Å². The summed E-state index contributed by atoms with van der Waals surface area (Å²) in [4.78, 5) is 0. The second kappa shape index (κ2) is 5.41. The van der Waals surface area contributed by atoms with Crippen LogP contribution in [0.5, 0.6) is 11.5 Å². The number of aliphatic hydroxyl groups excluding tert-OH is 1. The number of aliphatic hydroxyl groups is 1. The van der Waals surface area contributed by atoms with E-state index >= 15 is 0 Å². The van der Waals surface area contributed by atoms with E-state index in [1.165, 1.54) is 0 Å². The van der Waals surface area contributed by atoms with Crippen LogP contribution in [0, 0.1) is 0 Å². The molecule has 0 amide bonds. The molecule has 1 rings (SSSR count). The van der Waals surface area contributed by atoms with Crippen LogP contribution < -0.4 is 9.47 Å². The Hall–Kier alpha value is -1.22. The van der Waals surface area contributed by atoms with E-state index in [1.807, 2.05) is 26.0 Å². The summed E-state index contributed by atoms with van der Waals surface area (Å²) in [5, 5.41) is 9.51. The van der Waals surface area contributed by atoms with Crippen LogP contribution in [0.1, 0.15) is 31.9 Å². The lowest BCUT2D eigenvalue weighted by Crippen LogP contribution is -2.24. The third-order valence-electron chi connectivity index (χ3n) is 3.12. The Morgan fingerprint density at radius 3 is 2.24 bits per heavy atom. The first kappa shape index (κ1) is 13.8. The smallest absolute Gasteiger partial charge is 0.126 e. The first-order valence-corrected chi connectivity index (χ1v) is 5.86. The first-order valence-electron chi connectivity index (χ1n) is 5.86. The summed E-state index contributed by atoms with van der Waals surface area (Å²) in [6.07, 6.45) is 0.867. The summed E-state index contributed by atoms with van der Waals surface area (Å²) in [5.74, 6) is 1.58. The topological polar surface area (TPSA) is 38.7 Å². The number of ether oxygens (including phenoxy) is 2. The molecule has 1 N–H and O–H groups in total. The van der Waals surface area contributed by atoms with Crippen LogP contribution >= 0.6 is 0 Å². The van der Waals surface area contributed by atoms with E-state index in [9.17, 15) is 5.11 Å². The van der Waals surface area contributed by atoms with E-state index < -0.39 is 0 Å². The van der Waals surface area contributed by atoms with Crippen molar-refractivity contribution in [2.45, 2.75) is 32.6 Å². The molecule has 0 atom stereocenters. The van der Waals surface area contributed by atoms with Gasteiger partial charge in [-0.05, 0) is 23.6 Å². The fourth-order valence-corrected chi connectivity index (χ4v) is 1.97. The lowest BCUT2D eigenvalue weighted by molar-refractivity contribution is 0.217. The van der Waals surface area contributed by atoms with Crippen molar-refractivity contribution in [2.75, 3.05) is 20.8 Å². The zero-order valence-electron chi connectivity index (χ0n) is 11.3. The molecule has 17 heavy (non-hydrogen) atoms. The lowest BCUT2D eigenvalue weighted by Gasteiger charge is -2.27. The summed E-state index contributed by atoms with van der Waals surface area (Å²) in [7, 11) is 3.29. The van der Waals surface area contributed by atoms with Crippen LogP contribution in [0.15, 0.2) is 12.1 Å². The summed E-state index contributed by atoms with van der Waals surface area (Å²) in [6, 6.07) is 3.87. The molecule has 0 aliphatic rings. The monoisotopic (exact) mass is 238 g/mol. The fourth-order valence-electron chi connectivity index (χ4n) is 1.97. The summed E-state index contributed by atoms with van der Waals surface area (Å²) >= 11 is 0. The normalized spacial score (nSPS) is 11.4. The van der Waals surface area contributed by atoms with Gasteiger partial charge in [-0.25, -0.2) is 0 Å². The SMILES string of the molecule is CCc1c(OC)cc(OC)cc1C(C)(C)CO. The molecule has 0 fully saturated rings. The predicted molar refractivity (Wildman–Crippen MR) is 69.0 cm³/mol. The molecule has 0 saturated heterocycles. The highest BCUT2D eigenvalue weighted by Crippen LogP contribution is 2.36. The van der Waals surface area contributed by atoms with Crippen molar-refractivity contribution < 1.29 is 14.6 Å². The van der Waals surface area contributed by atoms with E-state index in [1.54, 1.807) is 14.2 Å². The number of hydrogen-bond acceptors (Lipinski definition) is 3. The van der Waals surface area contributed by atoms with E-state index in [2.05, 4.69) is 6.92 Å². The number of rotatable bonds is 5. The van der Waals surface area contributed by atoms with E-state index in [0.717, 1.165) is 29.0 Å². The summed E-state index contributed by atoms with van der Waals surface area (Å²) in [6.45, 7) is 6.21. The molecule has 0 unspecified atom stereocenters. The van der Waals surface area contributed by atoms with Crippen molar-refractivity contribution >= 4 is 0 Å². The Bertz CT molecular complexity index is 383. The van der Waals surface area contributed by atoms with Gasteiger partial charge in [0.2, 0.25) is 0 Å². The zero-order chi connectivity index (χ0) is 13.1. The highest BCUT2D eigenvalue weighted by molar-refractivity contribution is 5.49. The Morgan fingerprint density at radius 2 is 1.82 bits per heavy atom. The van der Waals surface area contributed by atoms with Crippen LogP contribution in [0.2, 0.25) is 0 Å². The van der Waals surface area contributed by atoms with Gasteiger partial charge >= 0.3 is 0 Å². The molecule has 0 radical (unpaired) electrons. The summed E-state index contributed by atoms with van der Waals surface area (Å²) < 4.78 is 10.7. The van der Waals surface area contributed by atoms with E-state index in [4.69, 9.17) is 9.47 Å². The maximum Gasteiger partial charge on any atom is 0.126 e. The van der Waals surface area contributed by atoms with Gasteiger partial charge in [-0.3, -0.25) is 0 Å². The van der Waals surface area contributed by atoms with Crippen molar-refractivity contribution in [1.29, 1.82) is 0 Å². The molecule has 3 nitrogen and oxygen atoms in total. The Kier molecular flexibility index (Phi) is 4.40. The molecule has 3 heteroatoms. The maximum absolute atomic E-state index is 9.51. The van der Waals surface area contributed by atoms with Gasteiger partial charge in [-0.2, -0.15) is 0 Å². The first-order chi connectivity index (χ1) is 8.00. The van der Waals surface area contributed by atoms with Gasteiger partial charge in [-0.1, -0.05) is 20.8 Å². The van der Waals surface area contributed by atoms with Gasteiger partial charge in [-0.15, -0.1) is 0 Å². The molecule has 1 aromatic rings. The second-order valence-electron chi connectivity index (χ2n) is 4.75. The molecule has 0 aromatic heterocycles. The quantitative estimate of drug-likeness (QED) is 0.856. The van der Waals surface area contributed by atoms with Crippen LogP contribution in [0.25, 0.3) is 0 Å². The fraction of sp³-hybridized carbons (Fsp3) is 0.571. The lowest BCUT2D eigenvalue weighted by atomic mass is 9.81. The molecular formula is C14H22O3. The predicted octanol–water partition coefficient (Wildman–Crippen LogP) is 2.54. The number of benzene rings is 1. The molecule has 0 saturated carbocycles. The number of hydrogen-bond donors (Lipinski definition) is 1. The van der Waals surface area contributed by atoms with Crippen molar-refractivity contribution in [3.8, 4) is 11.5 Å². The highest BCUT2D eigenvalue weighted by atomic mass is 16.5. The van der Waals surface area contributed by atoms with Crippen molar-refractivity contribution in [2.24, 2.45) is 0 Å². The second-order valence-corrected chi connectivity index (χ2v) is 4.75. The summed E-state index contributed by atoms with van der Waals surface area (Å²) in [5.41, 5.74) is 1.92. The zero-order valence-corrected chi connectivity index (χ0v) is 11.3. The molecule has 96 valence electrons. The van der Waals surface area contributed by atoms with Crippen LogP contribution in [0.3, 0.4) is 0 Å². The van der Waals surface area contributed by atoms with Gasteiger partial charge < -0.3 is 14.6 Å². The number of methoxy groups -OCH3 is 2. The van der Waals surface area contributed by atoms with Crippen molar-refractivity contribution in [1.82, 2.24) is 0 Å². The Labute approximate surface area is 103 Å². The molecule has 1 aromatic carbocycles. The third kappa shape index (κ3) is 2.72. The molecule has 0 heterocycles. The maximum atomic E-state index is 9.51. The standard InChI is InChI=1S/C14H22O3/c1-6-11-12(14(2,3)9-15)7-10(16-4)8-13(11)17-5/h7-8,15H,6,9H2,1-5H3. The van der Waals surface area contributed by atoms with E-state index in [-0.39, 0.29) is 12.0 Å². The molecular weight excluding hydrogens is 216 g/mol. The molecule has 0 bridgehead atoms. The molecule has 0 spiro atoms. The van der Waals surface area contributed by atoms with Gasteiger partial charge in [0.1, 0.15) is 11.5 Å².